The van der Waals surface area contributed by atoms with Gasteiger partial charge in [-0.2, -0.15) is 0 Å². The van der Waals surface area contributed by atoms with Crippen molar-refractivity contribution >= 4 is 20.5 Å². The van der Waals surface area contributed by atoms with Crippen LogP contribution >= 0.6 is 0 Å². The molecule has 2 unspecified atom stereocenters. The van der Waals surface area contributed by atoms with Crippen LogP contribution < -0.4 is 24.8 Å². The molecule has 0 heterocycles. The fraction of sp³-hybridized carbons (Fsp3) is 0.385. The summed E-state index contributed by atoms with van der Waals surface area (Å²) in [6, 6.07) is 17.8. The minimum Gasteiger partial charge on any atom is -1.00 e. The molecule has 0 bridgehead atoms. The monoisotopic (exact) mass is 548 g/mol. The smallest absolute Gasteiger partial charge is 1.00 e. The van der Waals surface area contributed by atoms with Gasteiger partial charge in [-0.25, -0.2) is 0 Å². The Hall–Kier alpha value is -0.440. The number of halogens is 2. The van der Waals surface area contributed by atoms with E-state index in [1.54, 1.807) is 0 Å². The van der Waals surface area contributed by atoms with Gasteiger partial charge >= 0.3 is 26.2 Å². The SMILES string of the molecule is CCC(CCO[Si](C)(C)C)(C1C=Cc2ccccc21)C1C=Cc2ccccc21.[Cl-].[Cl-].[Zr+2]. The summed E-state index contributed by atoms with van der Waals surface area (Å²) in [6.07, 6.45) is 11.8. The van der Waals surface area contributed by atoms with Crippen LogP contribution in [0.2, 0.25) is 19.6 Å². The van der Waals surface area contributed by atoms with Crippen molar-refractivity contribution in [3.63, 3.8) is 0 Å². The van der Waals surface area contributed by atoms with Crippen molar-refractivity contribution < 1.29 is 55.4 Å². The van der Waals surface area contributed by atoms with Gasteiger partial charge in [0.15, 0.2) is 8.32 Å². The van der Waals surface area contributed by atoms with Crippen molar-refractivity contribution in [2.45, 2.75) is 51.2 Å². The first-order valence-corrected chi connectivity index (χ1v) is 14.0. The maximum Gasteiger partial charge on any atom is 2.00 e. The second-order valence-corrected chi connectivity index (χ2v) is 13.7. The summed E-state index contributed by atoms with van der Waals surface area (Å²) in [7, 11) is -1.53. The molecule has 0 saturated heterocycles. The summed E-state index contributed by atoms with van der Waals surface area (Å²) in [6.45, 7) is 10.1. The Labute approximate surface area is 220 Å². The molecule has 0 aliphatic heterocycles. The van der Waals surface area contributed by atoms with Crippen LogP contribution in [0.1, 0.15) is 53.9 Å². The average molecular weight is 551 g/mol. The van der Waals surface area contributed by atoms with E-state index in [-0.39, 0.29) is 56.4 Å². The summed E-state index contributed by atoms with van der Waals surface area (Å²) in [5, 5.41) is 0. The van der Waals surface area contributed by atoms with Gasteiger partial charge in [0.25, 0.3) is 0 Å². The van der Waals surface area contributed by atoms with Crippen molar-refractivity contribution in [1.29, 1.82) is 0 Å². The minimum absolute atomic E-state index is 0. The predicted molar refractivity (Wildman–Crippen MR) is 123 cm³/mol. The van der Waals surface area contributed by atoms with E-state index in [9.17, 15) is 0 Å². The molecule has 1 nitrogen and oxygen atoms in total. The van der Waals surface area contributed by atoms with Gasteiger partial charge in [-0.1, -0.05) is 79.8 Å². The zero-order chi connectivity index (χ0) is 19.8. The van der Waals surface area contributed by atoms with Gasteiger partial charge in [0, 0.05) is 18.4 Å². The van der Waals surface area contributed by atoms with Crippen LogP contribution in [-0.2, 0) is 30.6 Å². The molecule has 0 aromatic heterocycles. The van der Waals surface area contributed by atoms with Gasteiger partial charge in [-0.05, 0) is 60.2 Å². The molecule has 2 aliphatic rings. The zero-order valence-corrected chi connectivity index (χ0v) is 23.8. The Kier molecular flexibility index (Phi) is 10.7. The van der Waals surface area contributed by atoms with Gasteiger partial charge in [-0.3, -0.25) is 0 Å². The zero-order valence-electron chi connectivity index (χ0n) is 18.9. The van der Waals surface area contributed by atoms with Crippen LogP contribution in [0.4, 0.5) is 0 Å². The Morgan fingerprint density at radius 3 is 1.68 bits per heavy atom. The van der Waals surface area contributed by atoms with E-state index in [4.69, 9.17) is 4.43 Å². The van der Waals surface area contributed by atoms with Crippen molar-refractivity contribution in [3.8, 4) is 0 Å². The molecule has 0 radical (unpaired) electrons. The van der Waals surface area contributed by atoms with Gasteiger partial charge in [0.2, 0.25) is 0 Å². The van der Waals surface area contributed by atoms with Gasteiger partial charge in [-0.15, -0.1) is 0 Å². The summed E-state index contributed by atoms with van der Waals surface area (Å²) in [4.78, 5) is 0. The van der Waals surface area contributed by atoms with E-state index in [2.05, 4.69) is 99.4 Å². The quantitative estimate of drug-likeness (QED) is 0.472. The Balaban J connectivity index is 0.00000160. The molecule has 0 saturated carbocycles. The van der Waals surface area contributed by atoms with Crippen LogP contribution in [0.3, 0.4) is 0 Å². The first-order chi connectivity index (χ1) is 13.4. The normalized spacial score (nSPS) is 20.0. The van der Waals surface area contributed by atoms with Gasteiger partial charge in [0.1, 0.15) is 0 Å². The third-order valence-electron chi connectivity index (χ3n) is 6.60. The average Bonchev–Trinajstić information content (AvgIpc) is 3.30. The second-order valence-electron chi connectivity index (χ2n) is 9.23. The fourth-order valence-electron chi connectivity index (χ4n) is 5.17. The third kappa shape index (κ3) is 5.74. The number of fused-ring (bicyclic) bond motifs is 2. The molecule has 0 fully saturated rings. The van der Waals surface area contributed by atoms with Crippen molar-refractivity contribution in [2.75, 3.05) is 6.61 Å². The summed E-state index contributed by atoms with van der Waals surface area (Å²) < 4.78 is 6.37. The summed E-state index contributed by atoms with van der Waals surface area (Å²) >= 11 is 0. The summed E-state index contributed by atoms with van der Waals surface area (Å²) in [5.41, 5.74) is 5.86. The maximum absolute atomic E-state index is 6.37. The van der Waals surface area contributed by atoms with Crippen LogP contribution in [0, 0.1) is 5.41 Å². The summed E-state index contributed by atoms with van der Waals surface area (Å²) in [5.74, 6) is 0.861. The minimum atomic E-state index is -1.53. The van der Waals surface area contributed by atoms with Crippen molar-refractivity contribution in [1.82, 2.24) is 0 Å². The van der Waals surface area contributed by atoms with E-state index in [0.29, 0.717) is 11.8 Å². The van der Waals surface area contributed by atoms with E-state index < -0.39 is 8.32 Å². The molecule has 2 aromatic carbocycles. The van der Waals surface area contributed by atoms with E-state index in [0.717, 1.165) is 19.4 Å². The molecule has 31 heavy (non-hydrogen) atoms. The van der Waals surface area contributed by atoms with E-state index in [1.807, 2.05) is 0 Å². The largest absolute Gasteiger partial charge is 2.00 e. The topological polar surface area (TPSA) is 9.23 Å². The number of allylic oxidation sites excluding steroid dienone is 2. The number of hydrogen-bond donors (Lipinski definition) is 0. The Morgan fingerprint density at radius 2 is 1.26 bits per heavy atom. The van der Waals surface area contributed by atoms with Crippen molar-refractivity contribution in [2.24, 2.45) is 5.41 Å². The van der Waals surface area contributed by atoms with Crippen LogP contribution in [0.15, 0.2) is 60.7 Å². The number of benzene rings is 2. The predicted octanol–water partition coefficient (Wildman–Crippen LogP) is 1.25. The number of hydrogen-bond acceptors (Lipinski definition) is 1. The van der Waals surface area contributed by atoms with Crippen LogP contribution in [0.25, 0.3) is 12.2 Å². The maximum atomic E-state index is 6.37. The van der Waals surface area contributed by atoms with Crippen LogP contribution in [0.5, 0.6) is 0 Å². The van der Waals surface area contributed by atoms with Crippen LogP contribution in [-0.4, -0.2) is 14.9 Å². The molecule has 2 aliphatic carbocycles. The molecule has 2 atom stereocenters. The third-order valence-corrected chi connectivity index (χ3v) is 7.67. The number of rotatable bonds is 7. The molecule has 0 spiro atoms. The molecule has 0 amide bonds. The molecular weight excluding hydrogens is 519 g/mol. The van der Waals surface area contributed by atoms with E-state index >= 15 is 0 Å². The van der Waals surface area contributed by atoms with E-state index in [1.165, 1.54) is 22.3 Å². The molecule has 2 aromatic rings. The standard InChI is InChI=1S/C26H32OSi.2ClH.Zr/c1-5-26(18-19-27-28(2,3)4,24-16-14-20-10-6-8-12-22(20)24)25-17-15-21-11-7-9-13-23(21)25;;;/h6-17,24-25H,5,18-19H2,1-4H3;2*1H;/q;;;+2/p-2. The first kappa shape index (κ1) is 28.6. The van der Waals surface area contributed by atoms with Crippen molar-refractivity contribution in [3.05, 3.63) is 82.9 Å². The molecular formula is C26H32Cl2OSiZr. The molecule has 4 rings (SSSR count). The Morgan fingerprint density at radius 1 is 0.806 bits per heavy atom. The molecule has 164 valence electrons. The van der Waals surface area contributed by atoms with Gasteiger partial charge in [0.05, 0.1) is 0 Å². The van der Waals surface area contributed by atoms with Gasteiger partial charge < -0.3 is 29.2 Å². The Bertz CT molecular complexity index is 858. The molecule has 5 heteroatoms. The first-order valence-electron chi connectivity index (χ1n) is 10.6. The second kappa shape index (κ2) is 11.6. The fourth-order valence-corrected chi connectivity index (χ4v) is 5.88. The molecule has 0 N–H and O–H groups in total.